The van der Waals surface area contributed by atoms with Crippen molar-refractivity contribution in [3.8, 4) is 11.5 Å². The fourth-order valence-electron chi connectivity index (χ4n) is 1.35. The smallest absolute Gasteiger partial charge is 0.423 e. The predicted molar refractivity (Wildman–Crippen MR) is 49.6 cm³/mol. The van der Waals surface area contributed by atoms with Crippen LogP contribution in [-0.2, 0) is 12.4 Å². The predicted octanol–water partition coefficient (Wildman–Crippen LogP) is 3.74. The fraction of sp³-hybridized carbons (Fsp3) is 0.400. The lowest BCUT2D eigenvalue weighted by atomic mass is 10.1. The molecule has 8 heteroatoms. The number of ether oxygens (including phenoxy) is 2. The van der Waals surface area contributed by atoms with Crippen molar-refractivity contribution in [3.05, 3.63) is 23.3 Å². The Balaban J connectivity index is 3.55. The zero-order valence-electron chi connectivity index (χ0n) is 9.24. The molecule has 1 rings (SSSR count). The van der Waals surface area contributed by atoms with Gasteiger partial charge in [0.15, 0.2) is 0 Å². The molecule has 0 atom stereocenters. The molecule has 0 radical (unpaired) electrons. The Bertz CT molecular complexity index is 410. The summed E-state index contributed by atoms with van der Waals surface area (Å²) in [4.78, 5) is 0. The van der Waals surface area contributed by atoms with Gasteiger partial charge in [0.25, 0.3) is 0 Å². The lowest BCUT2D eigenvalue weighted by molar-refractivity contribution is -0.143. The summed E-state index contributed by atoms with van der Waals surface area (Å²) in [6.45, 7) is 0. The molecule has 0 aliphatic heterocycles. The maximum Gasteiger partial charge on any atom is 0.423 e. The van der Waals surface area contributed by atoms with Crippen molar-refractivity contribution in [2.45, 2.75) is 12.4 Å². The Labute approximate surface area is 98.1 Å². The van der Waals surface area contributed by atoms with Crippen LogP contribution in [0.1, 0.15) is 11.1 Å². The van der Waals surface area contributed by atoms with E-state index in [2.05, 4.69) is 9.47 Å². The first-order valence-corrected chi connectivity index (χ1v) is 4.51. The van der Waals surface area contributed by atoms with Crippen LogP contribution in [0, 0.1) is 0 Å². The molecule has 1 aromatic carbocycles. The van der Waals surface area contributed by atoms with E-state index in [9.17, 15) is 26.3 Å². The molecule has 0 fully saturated rings. The second-order valence-electron chi connectivity index (χ2n) is 3.25. The Morgan fingerprint density at radius 1 is 0.778 bits per heavy atom. The number of methoxy groups -OCH3 is 2. The highest BCUT2D eigenvalue weighted by Gasteiger charge is 2.41. The first kappa shape index (κ1) is 14.5. The van der Waals surface area contributed by atoms with Gasteiger partial charge < -0.3 is 9.47 Å². The summed E-state index contributed by atoms with van der Waals surface area (Å²) in [5, 5.41) is 0. The van der Waals surface area contributed by atoms with Gasteiger partial charge in [-0.2, -0.15) is 26.3 Å². The number of alkyl halides is 6. The van der Waals surface area contributed by atoms with Gasteiger partial charge in [-0.25, -0.2) is 0 Å². The molecule has 0 bridgehead atoms. The van der Waals surface area contributed by atoms with E-state index in [4.69, 9.17) is 0 Å². The monoisotopic (exact) mass is 274 g/mol. The van der Waals surface area contributed by atoms with Gasteiger partial charge in [0.2, 0.25) is 0 Å². The molecule has 102 valence electrons. The molecule has 18 heavy (non-hydrogen) atoms. The van der Waals surface area contributed by atoms with E-state index < -0.39 is 35.0 Å². The lowest BCUT2D eigenvalue weighted by Crippen LogP contribution is -2.13. The van der Waals surface area contributed by atoms with Gasteiger partial charge in [0.05, 0.1) is 19.8 Å². The first-order valence-electron chi connectivity index (χ1n) is 4.51. The Hall–Kier alpha value is -1.60. The average Bonchev–Trinajstić information content (AvgIpc) is 2.24. The molecule has 0 N–H and O–H groups in total. The summed E-state index contributed by atoms with van der Waals surface area (Å²) in [5.74, 6) is -1.87. The first-order chi connectivity index (χ1) is 8.11. The quantitative estimate of drug-likeness (QED) is 0.765. The third kappa shape index (κ3) is 2.80. The minimum absolute atomic E-state index is 0.283. The second kappa shape index (κ2) is 4.58. The van der Waals surface area contributed by atoms with Crippen molar-refractivity contribution in [1.29, 1.82) is 0 Å². The van der Waals surface area contributed by atoms with Gasteiger partial charge in [-0.15, -0.1) is 0 Å². The topological polar surface area (TPSA) is 18.5 Å². The minimum atomic E-state index is -4.87. The molecule has 0 spiro atoms. The van der Waals surface area contributed by atoms with Gasteiger partial charge in [-0.05, 0) is 12.1 Å². The normalized spacial score (nSPS) is 12.4. The van der Waals surface area contributed by atoms with Crippen LogP contribution < -0.4 is 9.47 Å². The summed E-state index contributed by atoms with van der Waals surface area (Å²) < 4.78 is 84.1. The van der Waals surface area contributed by atoms with Crippen LogP contribution in [0.15, 0.2) is 12.1 Å². The summed E-state index contributed by atoms with van der Waals surface area (Å²) in [7, 11) is 1.70. The van der Waals surface area contributed by atoms with Gasteiger partial charge in [0.1, 0.15) is 17.1 Å². The summed E-state index contributed by atoms with van der Waals surface area (Å²) in [5.41, 5.74) is -2.65. The highest BCUT2D eigenvalue weighted by molar-refractivity contribution is 5.50. The molecule has 0 amide bonds. The molecule has 0 saturated heterocycles. The fourth-order valence-corrected chi connectivity index (χ4v) is 1.35. The molecular weight excluding hydrogens is 266 g/mol. The molecular formula is C10H8F6O2. The zero-order chi connectivity index (χ0) is 14.1. The van der Waals surface area contributed by atoms with Gasteiger partial charge >= 0.3 is 12.4 Å². The second-order valence-corrected chi connectivity index (χ2v) is 3.25. The van der Waals surface area contributed by atoms with Crippen molar-refractivity contribution in [2.75, 3.05) is 14.2 Å². The molecule has 0 aliphatic carbocycles. The van der Waals surface area contributed by atoms with E-state index in [1.807, 2.05) is 0 Å². The van der Waals surface area contributed by atoms with Crippen molar-refractivity contribution >= 4 is 0 Å². The highest BCUT2D eigenvalue weighted by Crippen LogP contribution is 2.45. The van der Waals surface area contributed by atoms with Gasteiger partial charge in [0, 0.05) is 0 Å². The van der Waals surface area contributed by atoms with Crippen LogP contribution in [0.3, 0.4) is 0 Å². The number of benzene rings is 1. The maximum atomic E-state index is 12.7. The Morgan fingerprint density at radius 2 is 1.17 bits per heavy atom. The van der Waals surface area contributed by atoms with Gasteiger partial charge in [-0.3, -0.25) is 0 Å². The third-order valence-electron chi connectivity index (χ3n) is 2.12. The SMILES string of the molecule is COc1cc(C(F)(F)F)cc(OC)c1C(F)(F)F. The number of rotatable bonds is 2. The van der Waals surface area contributed by atoms with E-state index >= 15 is 0 Å². The van der Waals surface area contributed by atoms with Crippen LogP contribution >= 0.6 is 0 Å². The Kier molecular flexibility index (Phi) is 3.68. The van der Waals surface area contributed by atoms with Crippen molar-refractivity contribution < 1.29 is 35.8 Å². The summed E-state index contributed by atoms with van der Waals surface area (Å²) in [6.07, 6.45) is -9.66. The molecule has 0 unspecified atom stereocenters. The van der Waals surface area contributed by atoms with Crippen LogP contribution in [-0.4, -0.2) is 14.2 Å². The minimum Gasteiger partial charge on any atom is -0.496 e. The zero-order valence-corrected chi connectivity index (χ0v) is 9.24. The van der Waals surface area contributed by atoms with E-state index in [1.54, 1.807) is 0 Å². The van der Waals surface area contributed by atoms with E-state index in [0.717, 1.165) is 14.2 Å². The largest absolute Gasteiger partial charge is 0.496 e. The van der Waals surface area contributed by atoms with E-state index in [0.29, 0.717) is 0 Å². The van der Waals surface area contributed by atoms with Crippen LogP contribution in [0.5, 0.6) is 11.5 Å². The standard InChI is InChI=1S/C10H8F6O2/c1-17-6-3-5(9(11,12)13)4-7(18-2)8(6)10(14,15)16/h3-4H,1-2H3. The van der Waals surface area contributed by atoms with Crippen LogP contribution in [0.4, 0.5) is 26.3 Å². The number of hydrogen-bond donors (Lipinski definition) is 0. The van der Waals surface area contributed by atoms with Gasteiger partial charge in [-0.1, -0.05) is 0 Å². The average molecular weight is 274 g/mol. The number of halogens is 6. The molecule has 2 nitrogen and oxygen atoms in total. The van der Waals surface area contributed by atoms with Crippen molar-refractivity contribution in [3.63, 3.8) is 0 Å². The summed E-state index contributed by atoms with van der Waals surface area (Å²) >= 11 is 0. The van der Waals surface area contributed by atoms with Crippen molar-refractivity contribution in [2.24, 2.45) is 0 Å². The molecule has 1 aromatic rings. The molecule has 0 saturated carbocycles. The van der Waals surface area contributed by atoms with Crippen molar-refractivity contribution in [1.82, 2.24) is 0 Å². The third-order valence-corrected chi connectivity index (χ3v) is 2.12. The molecule has 0 heterocycles. The van der Waals surface area contributed by atoms with E-state index in [-0.39, 0.29) is 12.1 Å². The Morgan fingerprint density at radius 3 is 1.39 bits per heavy atom. The van der Waals surface area contributed by atoms with Crippen LogP contribution in [0.25, 0.3) is 0 Å². The highest BCUT2D eigenvalue weighted by atomic mass is 19.4. The lowest BCUT2D eigenvalue weighted by Gasteiger charge is -2.18. The van der Waals surface area contributed by atoms with Crippen LogP contribution in [0.2, 0.25) is 0 Å². The maximum absolute atomic E-state index is 12.7. The van der Waals surface area contributed by atoms with E-state index in [1.165, 1.54) is 0 Å². The summed E-state index contributed by atoms with van der Waals surface area (Å²) in [6, 6.07) is 0.566. The molecule has 0 aromatic heterocycles. The molecule has 0 aliphatic rings. The number of hydrogen-bond acceptors (Lipinski definition) is 2.